The van der Waals surface area contributed by atoms with Gasteiger partial charge in [-0.1, -0.05) is 23.8 Å². The lowest BCUT2D eigenvalue weighted by Crippen LogP contribution is -2.37. The molecule has 0 bridgehead atoms. The van der Waals surface area contributed by atoms with Crippen LogP contribution in [0.5, 0.6) is 5.75 Å². The van der Waals surface area contributed by atoms with Crippen molar-refractivity contribution in [2.24, 2.45) is 0 Å². The Labute approximate surface area is 182 Å². The zero-order chi connectivity index (χ0) is 22.3. The first-order valence-electron chi connectivity index (χ1n) is 9.80. The topological polar surface area (TPSA) is 81.2 Å². The molecule has 0 aliphatic rings. The Morgan fingerprint density at radius 2 is 1.81 bits per heavy atom. The van der Waals surface area contributed by atoms with Crippen molar-refractivity contribution < 1.29 is 9.53 Å². The van der Waals surface area contributed by atoms with Gasteiger partial charge in [0, 0.05) is 22.1 Å². The van der Waals surface area contributed by atoms with E-state index in [1.54, 1.807) is 19.2 Å². The second-order valence-corrected chi connectivity index (χ2v) is 8.48. The number of aromatic nitrogens is 2. The fourth-order valence-corrected chi connectivity index (χ4v) is 4.52. The molecule has 0 saturated carbocycles. The molecule has 2 heterocycles. The van der Waals surface area contributed by atoms with E-state index in [1.165, 1.54) is 11.3 Å². The molecule has 2 aromatic heterocycles. The van der Waals surface area contributed by atoms with Crippen LogP contribution < -0.4 is 16.0 Å². The van der Waals surface area contributed by atoms with Crippen LogP contribution >= 0.6 is 11.3 Å². The minimum atomic E-state index is -0.598. The number of carbonyl (C=O) groups excluding carboxylic acids is 1. The van der Waals surface area contributed by atoms with E-state index in [0.717, 1.165) is 26.8 Å². The molecular formula is C24H22N2O4S. The molecule has 0 amide bonds. The number of methoxy groups -OCH3 is 1. The number of benzene rings is 2. The van der Waals surface area contributed by atoms with E-state index >= 15 is 0 Å². The number of thiophene rings is 1. The Balaban J connectivity index is 1.85. The summed E-state index contributed by atoms with van der Waals surface area (Å²) in [4.78, 5) is 42.0. The van der Waals surface area contributed by atoms with E-state index in [0.29, 0.717) is 27.1 Å². The second kappa shape index (κ2) is 8.00. The van der Waals surface area contributed by atoms with E-state index in [4.69, 9.17) is 4.74 Å². The summed E-state index contributed by atoms with van der Waals surface area (Å²) >= 11 is 1.28. The summed E-state index contributed by atoms with van der Waals surface area (Å²) in [5, 5.41) is 2.20. The zero-order valence-electron chi connectivity index (χ0n) is 17.7. The van der Waals surface area contributed by atoms with Crippen LogP contribution in [0.25, 0.3) is 21.3 Å². The first kappa shape index (κ1) is 20.8. The SMILES string of the molecule is COc1ccc(C)cc1-c1csc2[nH]c(=O)n(CC(=O)c3ccc(C)c(C)c3)c(=O)c12. The molecule has 0 unspecified atom stereocenters. The molecule has 158 valence electrons. The summed E-state index contributed by atoms with van der Waals surface area (Å²) in [5.41, 5.74) is 3.90. The van der Waals surface area contributed by atoms with Crippen LogP contribution in [0.4, 0.5) is 0 Å². The number of hydrogen-bond acceptors (Lipinski definition) is 5. The van der Waals surface area contributed by atoms with Crippen molar-refractivity contribution in [3.05, 3.63) is 84.9 Å². The summed E-state index contributed by atoms with van der Waals surface area (Å²) in [5.74, 6) is 0.341. The van der Waals surface area contributed by atoms with Gasteiger partial charge in [0.25, 0.3) is 5.56 Å². The molecule has 4 rings (SSSR count). The third-order valence-corrected chi connectivity index (χ3v) is 6.39. The number of Topliss-reactive ketones (excluding diaryl/α,β-unsaturated/α-hetero) is 1. The average molecular weight is 435 g/mol. The number of carbonyl (C=O) groups is 1. The van der Waals surface area contributed by atoms with Crippen LogP contribution in [0, 0.1) is 20.8 Å². The number of hydrogen-bond donors (Lipinski definition) is 1. The molecular weight excluding hydrogens is 412 g/mol. The van der Waals surface area contributed by atoms with E-state index in [9.17, 15) is 14.4 Å². The number of fused-ring (bicyclic) bond motifs is 1. The molecule has 0 radical (unpaired) electrons. The minimum absolute atomic E-state index is 0.292. The standard InChI is InChI=1S/C24H22N2O4S/c1-13-5-8-20(30-4)17(9-13)18-12-31-22-21(18)23(28)26(24(29)25-22)11-19(27)16-7-6-14(2)15(3)10-16/h5-10,12H,11H2,1-4H3,(H,25,29). The first-order chi connectivity index (χ1) is 14.8. The van der Waals surface area contributed by atoms with Gasteiger partial charge >= 0.3 is 5.69 Å². The van der Waals surface area contributed by atoms with Gasteiger partial charge in [-0.25, -0.2) is 4.79 Å². The van der Waals surface area contributed by atoms with Crippen LogP contribution in [0.1, 0.15) is 27.0 Å². The number of aromatic amines is 1. The number of aryl methyl sites for hydroxylation is 3. The van der Waals surface area contributed by atoms with Crippen molar-refractivity contribution in [3.63, 3.8) is 0 Å². The summed E-state index contributed by atoms with van der Waals surface area (Å²) in [6.45, 7) is 5.52. The maximum absolute atomic E-state index is 13.3. The largest absolute Gasteiger partial charge is 0.496 e. The van der Waals surface area contributed by atoms with E-state index in [1.807, 2.05) is 50.4 Å². The molecule has 0 aliphatic carbocycles. The molecule has 7 heteroatoms. The van der Waals surface area contributed by atoms with Crippen LogP contribution in [0.3, 0.4) is 0 Å². The molecule has 4 aromatic rings. The fourth-order valence-electron chi connectivity index (χ4n) is 3.58. The molecule has 2 aromatic carbocycles. The highest BCUT2D eigenvalue weighted by atomic mass is 32.1. The van der Waals surface area contributed by atoms with E-state index in [2.05, 4.69) is 4.98 Å². The molecule has 0 fully saturated rings. The second-order valence-electron chi connectivity index (χ2n) is 7.60. The van der Waals surface area contributed by atoms with Gasteiger partial charge in [-0.2, -0.15) is 0 Å². The van der Waals surface area contributed by atoms with E-state index < -0.39 is 11.2 Å². The number of ketones is 1. The van der Waals surface area contributed by atoms with Crippen LogP contribution in [-0.2, 0) is 6.54 Å². The fraction of sp³-hybridized carbons (Fsp3) is 0.208. The molecule has 0 saturated heterocycles. The maximum atomic E-state index is 13.3. The van der Waals surface area contributed by atoms with Crippen LogP contribution in [0.2, 0.25) is 0 Å². The Morgan fingerprint density at radius 1 is 1.03 bits per heavy atom. The lowest BCUT2D eigenvalue weighted by Gasteiger charge is -2.10. The van der Waals surface area contributed by atoms with Crippen molar-refractivity contribution in [1.29, 1.82) is 0 Å². The van der Waals surface area contributed by atoms with Crippen LogP contribution in [-0.4, -0.2) is 22.4 Å². The molecule has 31 heavy (non-hydrogen) atoms. The van der Waals surface area contributed by atoms with Gasteiger partial charge in [-0.3, -0.25) is 19.1 Å². The van der Waals surface area contributed by atoms with E-state index in [-0.39, 0.29) is 12.3 Å². The number of rotatable bonds is 5. The Bertz CT molecular complexity index is 1440. The van der Waals surface area contributed by atoms with Crippen molar-refractivity contribution in [1.82, 2.24) is 9.55 Å². The average Bonchev–Trinajstić information content (AvgIpc) is 3.16. The lowest BCUT2D eigenvalue weighted by atomic mass is 10.0. The molecule has 0 spiro atoms. The highest BCUT2D eigenvalue weighted by molar-refractivity contribution is 7.17. The number of nitrogens with one attached hydrogen (secondary N) is 1. The van der Waals surface area contributed by atoms with Crippen molar-refractivity contribution in [2.45, 2.75) is 27.3 Å². The van der Waals surface area contributed by atoms with Gasteiger partial charge in [0.05, 0.1) is 19.0 Å². The third kappa shape index (κ3) is 3.72. The first-order valence-corrected chi connectivity index (χ1v) is 10.7. The summed E-state index contributed by atoms with van der Waals surface area (Å²) in [6, 6.07) is 11.1. The van der Waals surface area contributed by atoms with Crippen molar-refractivity contribution in [2.75, 3.05) is 7.11 Å². The normalized spacial score (nSPS) is 11.1. The quantitative estimate of drug-likeness (QED) is 0.477. The highest BCUT2D eigenvalue weighted by Crippen LogP contribution is 2.36. The molecule has 1 N–H and O–H groups in total. The van der Waals surface area contributed by atoms with Gasteiger partial charge < -0.3 is 4.74 Å². The van der Waals surface area contributed by atoms with Crippen molar-refractivity contribution >= 4 is 27.3 Å². The number of ether oxygens (including phenoxy) is 1. The Hall–Kier alpha value is -3.45. The molecule has 0 atom stereocenters. The molecule has 0 aliphatic heterocycles. The smallest absolute Gasteiger partial charge is 0.329 e. The summed E-state index contributed by atoms with van der Waals surface area (Å²) in [7, 11) is 1.57. The Morgan fingerprint density at radius 3 is 2.52 bits per heavy atom. The number of nitrogens with zero attached hydrogens (tertiary/aromatic N) is 1. The van der Waals surface area contributed by atoms with Gasteiger partial charge in [-0.15, -0.1) is 11.3 Å². The summed E-state index contributed by atoms with van der Waals surface area (Å²) < 4.78 is 6.45. The minimum Gasteiger partial charge on any atom is -0.496 e. The zero-order valence-corrected chi connectivity index (χ0v) is 18.6. The van der Waals surface area contributed by atoms with Gasteiger partial charge in [-0.05, 0) is 50.1 Å². The molecule has 6 nitrogen and oxygen atoms in total. The van der Waals surface area contributed by atoms with Gasteiger partial charge in [0.2, 0.25) is 0 Å². The Kier molecular flexibility index (Phi) is 5.37. The third-order valence-electron chi connectivity index (χ3n) is 5.49. The predicted octanol–water partition coefficient (Wildman–Crippen LogP) is 4.24. The van der Waals surface area contributed by atoms with Gasteiger partial charge in [0.1, 0.15) is 10.6 Å². The van der Waals surface area contributed by atoms with Crippen LogP contribution in [0.15, 0.2) is 51.4 Å². The maximum Gasteiger partial charge on any atom is 0.329 e. The highest BCUT2D eigenvalue weighted by Gasteiger charge is 2.19. The monoisotopic (exact) mass is 434 g/mol. The van der Waals surface area contributed by atoms with Gasteiger partial charge in [0.15, 0.2) is 5.78 Å². The van der Waals surface area contributed by atoms with Crippen molar-refractivity contribution in [3.8, 4) is 16.9 Å². The lowest BCUT2D eigenvalue weighted by molar-refractivity contribution is 0.0969. The number of H-pyrrole nitrogens is 1. The summed E-state index contributed by atoms with van der Waals surface area (Å²) in [6.07, 6.45) is 0. The predicted molar refractivity (Wildman–Crippen MR) is 124 cm³/mol.